The summed E-state index contributed by atoms with van der Waals surface area (Å²) < 4.78 is 10.5. The quantitative estimate of drug-likeness (QED) is 0.714. The van der Waals surface area contributed by atoms with Gasteiger partial charge in [0.2, 0.25) is 0 Å². The van der Waals surface area contributed by atoms with E-state index in [1.165, 1.54) is 0 Å². The molecule has 1 aromatic heterocycles. The van der Waals surface area contributed by atoms with Gasteiger partial charge in [0.1, 0.15) is 6.10 Å². The van der Waals surface area contributed by atoms with E-state index in [2.05, 4.69) is 0 Å². The number of furan rings is 1. The minimum absolute atomic E-state index is 0.0484. The fourth-order valence-electron chi connectivity index (χ4n) is 3.06. The molecule has 1 aliphatic carbocycles. The Kier molecular flexibility index (Phi) is 2.24. The van der Waals surface area contributed by atoms with Gasteiger partial charge in [-0.15, -0.1) is 0 Å². The second kappa shape index (κ2) is 3.57. The summed E-state index contributed by atoms with van der Waals surface area (Å²) in [6, 6.07) is 1.80. The number of hydrogen-bond donors (Lipinski definition) is 0. The van der Waals surface area contributed by atoms with E-state index in [1.54, 1.807) is 25.5 Å². The Morgan fingerprint density at radius 1 is 1.39 bits per heavy atom. The van der Waals surface area contributed by atoms with Gasteiger partial charge >= 0.3 is 5.97 Å². The molecule has 0 spiro atoms. The van der Waals surface area contributed by atoms with Gasteiger partial charge in [-0.2, -0.15) is 0 Å². The molecule has 1 fully saturated rings. The predicted octanol–water partition coefficient (Wildman–Crippen LogP) is 2.56. The zero-order valence-corrected chi connectivity index (χ0v) is 10.4. The molecule has 2 atom stereocenters. The van der Waals surface area contributed by atoms with E-state index < -0.39 is 5.41 Å². The molecule has 0 N–H and O–H groups in total. The maximum absolute atomic E-state index is 12.0. The number of Topliss-reactive ketones (excluding diaryl/α,β-unsaturated/α-hetero) is 1. The molecule has 1 aliphatic heterocycles. The van der Waals surface area contributed by atoms with E-state index in [-0.39, 0.29) is 17.9 Å². The van der Waals surface area contributed by atoms with Crippen molar-refractivity contribution in [3.05, 3.63) is 35.3 Å². The van der Waals surface area contributed by atoms with Crippen LogP contribution in [-0.2, 0) is 14.3 Å². The Hall–Kier alpha value is -1.84. The second-order valence-electron chi connectivity index (χ2n) is 5.18. The van der Waals surface area contributed by atoms with Gasteiger partial charge < -0.3 is 9.15 Å². The van der Waals surface area contributed by atoms with Gasteiger partial charge in [-0.3, -0.25) is 4.79 Å². The zero-order chi connectivity index (χ0) is 12.9. The minimum atomic E-state index is -0.418. The lowest BCUT2D eigenvalue weighted by atomic mass is 9.68. The van der Waals surface area contributed by atoms with E-state index in [1.807, 2.05) is 6.92 Å². The lowest BCUT2D eigenvalue weighted by molar-refractivity contribution is -0.140. The molecule has 0 amide bonds. The number of ether oxygens (including phenoxy) is 1. The standard InChI is InChI=1S/C14H14O4/c1-8-10(15)3-5-14(2)11(8)13(16)18-12(14)9-4-6-17-7-9/h4,6-7,12H,3,5H2,1-2H3/t12-,14-/m1/s1. The van der Waals surface area contributed by atoms with Crippen LogP contribution in [0.2, 0.25) is 0 Å². The van der Waals surface area contributed by atoms with Crippen LogP contribution in [0.25, 0.3) is 0 Å². The number of fused-ring (bicyclic) bond motifs is 1. The highest BCUT2D eigenvalue weighted by atomic mass is 16.6. The van der Waals surface area contributed by atoms with E-state index >= 15 is 0 Å². The normalized spacial score (nSPS) is 31.6. The average Bonchev–Trinajstić information content (AvgIpc) is 2.92. The monoisotopic (exact) mass is 246 g/mol. The number of cyclic esters (lactones) is 1. The highest BCUT2D eigenvalue weighted by Crippen LogP contribution is 2.55. The van der Waals surface area contributed by atoms with Crippen LogP contribution in [-0.4, -0.2) is 11.8 Å². The number of hydrogen-bond acceptors (Lipinski definition) is 4. The molecule has 1 saturated heterocycles. The molecular weight excluding hydrogens is 232 g/mol. The van der Waals surface area contributed by atoms with E-state index in [0.29, 0.717) is 24.0 Å². The summed E-state index contributed by atoms with van der Waals surface area (Å²) in [6.45, 7) is 3.70. The summed E-state index contributed by atoms with van der Waals surface area (Å²) in [4.78, 5) is 23.7. The van der Waals surface area contributed by atoms with Crippen molar-refractivity contribution in [3.63, 3.8) is 0 Å². The number of rotatable bonds is 1. The number of carbonyl (C=O) groups excluding carboxylic acids is 2. The van der Waals surface area contributed by atoms with Crippen LogP contribution in [0.4, 0.5) is 0 Å². The second-order valence-corrected chi connectivity index (χ2v) is 5.18. The average molecular weight is 246 g/mol. The molecule has 1 aromatic rings. The number of allylic oxidation sites excluding steroid dienone is 1. The highest BCUT2D eigenvalue weighted by Gasteiger charge is 2.54. The fourth-order valence-corrected chi connectivity index (χ4v) is 3.06. The van der Waals surface area contributed by atoms with Crippen molar-refractivity contribution in [3.8, 4) is 0 Å². The molecule has 0 saturated carbocycles. The van der Waals surface area contributed by atoms with Gasteiger partial charge in [-0.05, 0) is 19.4 Å². The topological polar surface area (TPSA) is 56.5 Å². The maximum atomic E-state index is 12.0. The van der Waals surface area contributed by atoms with E-state index in [4.69, 9.17) is 9.15 Å². The molecule has 0 bridgehead atoms. The number of ketones is 1. The minimum Gasteiger partial charge on any atom is -0.472 e. The summed E-state index contributed by atoms with van der Waals surface area (Å²) in [5.41, 5.74) is 1.53. The lowest BCUT2D eigenvalue weighted by Crippen LogP contribution is -2.29. The summed E-state index contributed by atoms with van der Waals surface area (Å²) in [5, 5.41) is 0. The first-order chi connectivity index (χ1) is 8.54. The number of esters is 1. The predicted molar refractivity (Wildman–Crippen MR) is 62.6 cm³/mol. The zero-order valence-electron chi connectivity index (χ0n) is 10.4. The summed E-state index contributed by atoms with van der Waals surface area (Å²) in [5.74, 6) is -0.318. The van der Waals surface area contributed by atoms with Crippen molar-refractivity contribution in [2.75, 3.05) is 0 Å². The van der Waals surface area contributed by atoms with Crippen LogP contribution in [0, 0.1) is 5.41 Å². The first-order valence-electron chi connectivity index (χ1n) is 6.01. The Morgan fingerprint density at radius 3 is 2.83 bits per heavy atom. The summed E-state index contributed by atoms with van der Waals surface area (Å²) in [7, 11) is 0. The molecule has 0 radical (unpaired) electrons. The molecule has 0 unspecified atom stereocenters. The molecule has 4 nitrogen and oxygen atoms in total. The molecule has 2 heterocycles. The number of carbonyl (C=O) groups is 2. The van der Waals surface area contributed by atoms with Crippen LogP contribution < -0.4 is 0 Å². The Morgan fingerprint density at radius 2 is 2.17 bits per heavy atom. The van der Waals surface area contributed by atoms with Gasteiger partial charge in [0.25, 0.3) is 0 Å². The molecule has 0 aromatic carbocycles. The maximum Gasteiger partial charge on any atom is 0.335 e. The molecule has 94 valence electrons. The summed E-state index contributed by atoms with van der Waals surface area (Å²) >= 11 is 0. The summed E-state index contributed by atoms with van der Waals surface area (Å²) in [6.07, 6.45) is 3.92. The van der Waals surface area contributed by atoms with Gasteiger partial charge in [-0.25, -0.2) is 4.79 Å². The van der Waals surface area contributed by atoms with Crippen molar-refractivity contribution in [2.24, 2.45) is 5.41 Å². The van der Waals surface area contributed by atoms with E-state index in [9.17, 15) is 9.59 Å². The third kappa shape index (κ3) is 1.32. The third-order valence-electron chi connectivity index (χ3n) is 4.09. The van der Waals surface area contributed by atoms with Crippen LogP contribution in [0.5, 0.6) is 0 Å². The molecule has 18 heavy (non-hydrogen) atoms. The van der Waals surface area contributed by atoms with Crippen molar-refractivity contribution >= 4 is 11.8 Å². The molecule has 3 rings (SSSR count). The van der Waals surface area contributed by atoms with Crippen LogP contribution in [0.15, 0.2) is 34.2 Å². The third-order valence-corrected chi connectivity index (χ3v) is 4.09. The molecular formula is C14H14O4. The van der Waals surface area contributed by atoms with Crippen molar-refractivity contribution in [1.82, 2.24) is 0 Å². The van der Waals surface area contributed by atoms with Crippen LogP contribution in [0.3, 0.4) is 0 Å². The van der Waals surface area contributed by atoms with E-state index in [0.717, 1.165) is 5.56 Å². The smallest absolute Gasteiger partial charge is 0.335 e. The van der Waals surface area contributed by atoms with Gasteiger partial charge in [0, 0.05) is 23.0 Å². The van der Waals surface area contributed by atoms with Crippen LogP contribution in [0.1, 0.15) is 38.4 Å². The first kappa shape index (κ1) is 11.3. The van der Waals surface area contributed by atoms with Gasteiger partial charge in [0.05, 0.1) is 18.1 Å². The van der Waals surface area contributed by atoms with Crippen molar-refractivity contribution < 1.29 is 18.7 Å². The Labute approximate surface area is 105 Å². The SMILES string of the molecule is CC1=C2C(=O)O[C@H](c3ccoc3)[C@]2(C)CCC1=O. The van der Waals surface area contributed by atoms with Crippen molar-refractivity contribution in [1.29, 1.82) is 0 Å². The fraction of sp³-hybridized carbons (Fsp3) is 0.429. The highest BCUT2D eigenvalue weighted by molar-refractivity contribution is 6.06. The first-order valence-corrected chi connectivity index (χ1v) is 6.01. The lowest BCUT2D eigenvalue weighted by Gasteiger charge is -2.32. The van der Waals surface area contributed by atoms with Crippen molar-refractivity contribution in [2.45, 2.75) is 32.8 Å². The largest absolute Gasteiger partial charge is 0.472 e. The molecule has 2 aliphatic rings. The van der Waals surface area contributed by atoms with Gasteiger partial charge in [-0.1, -0.05) is 6.92 Å². The van der Waals surface area contributed by atoms with Crippen LogP contribution >= 0.6 is 0 Å². The van der Waals surface area contributed by atoms with Gasteiger partial charge in [0.15, 0.2) is 5.78 Å². The Balaban J connectivity index is 2.14. The Bertz CT molecular complexity index is 552. The molecule has 4 heteroatoms.